The number of aromatic nitrogens is 2. The molecule has 2 atom stereocenters. The fourth-order valence-electron chi connectivity index (χ4n) is 3.19. The molecule has 3 rings (SSSR count). The fourth-order valence-corrected chi connectivity index (χ4v) is 3.19. The van der Waals surface area contributed by atoms with Crippen molar-refractivity contribution in [1.29, 1.82) is 0 Å². The SMILES string of the molecule is CC(O)C(CCc1ccc(F)cc1OCc1ccccc1)n1cnc(C(N)=O)c1. The molecule has 29 heavy (non-hydrogen) atoms. The highest BCUT2D eigenvalue weighted by Crippen LogP contribution is 2.26. The minimum absolute atomic E-state index is 0.143. The van der Waals surface area contributed by atoms with E-state index < -0.39 is 12.0 Å². The van der Waals surface area contributed by atoms with Crippen molar-refractivity contribution in [3.63, 3.8) is 0 Å². The van der Waals surface area contributed by atoms with Crippen LogP contribution in [-0.4, -0.2) is 26.7 Å². The van der Waals surface area contributed by atoms with Crippen LogP contribution in [-0.2, 0) is 13.0 Å². The molecule has 0 aliphatic carbocycles. The van der Waals surface area contributed by atoms with Crippen molar-refractivity contribution in [2.45, 2.75) is 38.5 Å². The maximum absolute atomic E-state index is 13.8. The molecule has 152 valence electrons. The predicted octanol–water partition coefficient (Wildman–Crippen LogP) is 3.25. The summed E-state index contributed by atoms with van der Waals surface area (Å²) in [5.74, 6) is -0.519. The molecule has 0 bridgehead atoms. The Bertz CT molecular complexity index is 957. The van der Waals surface area contributed by atoms with E-state index in [1.807, 2.05) is 30.3 Å². The molecule has 0 spiro atoms. The maximum Gasteiger partial charge on any atom is 0.268 e. The Morgan fingerprint density at radius 3 is 2.69 bits per heavy atom. The van der Waals surface area contributed by atoms with Gasteiger partial charge in [0.15, 0.2) is 0 Å². The first-order chi connectivity index (χ1) is 13.9. The summed E-state index contributed by atoms with van der Waals surface area (Å²) < 4.78 is 21.3. The van der Waals surface area contributed by atoms with Gasteiger partial charge >= 0.3 is 0 Å². The molecule has 0 saturated carbocycles. The number of aryl methyl sites for hydroxylation is 1. The van der Waals surface area contributed by atoms with Crippen LogP contribution in [0.25, 0.3) is 0 Å². The fraction of sp³-hybridized carbons (Fsp3) is 0.273. The number of primary amides is 1. The van der Waals surface area contributed by atoms with E-state index in [1.54, 1.807) is 17.6 Å². The predicted molar refractivity (Wildman–Crippen MR) is 107 cm³/mol. The van der Waals surface area contributed by atoms with Crippen LogP contribution < -0.4 is 10.5 Å². The topological polar surface area (TPSA) is 90.4 Å². The third-order valence-electron chi connectivity index (χ3n) is 4.77. The minimum atomic E-state index is -0.681. The Morgan fingerprint density at radius 1 is 1.28 bits per heavy atom. The normalized spacial score (nSPS) is 13.1. The van der Waals surface area contributed by atoms with Crippen LogP contribution in [0.1, 0.15) is 41.0 Å². The van der Waals surface area contributed by atoms with Crippen molar-refractivity contribution >= 4 is 5.91 Å². The molecule has 3 N–H and O–H groups in total. The zero-order chi connectivity index (χ0) is 20.8. The lowest BCUT2D eigenvalue weighted by Crippen LogP contribution is -2.21. The van der Waals surface area contributed by atoms with Gasteiger partial charge in [-0.1, -0.05) is 36.4 Å². The summed E-state index contributed by atoms with van der Waals surface area (Å²) in [5, 5.41) is 10.2. The second-order valence-corrected chi connectivity index (χ2v) is 6.94. The summed E-state index contributed by atoms with van der Waals surface area (Å²) in [4.78, 5) is 15.3. The number of hydrogen-bond acceptors (Lipinski definition) is 4. The Labute approximate surface area is 168 Å². The third kappa shape index (κ3) is 5.42. The second-order valence-electron chi connectivity index (χ2n) is 6.94. The number of imidazole rings is 1. The molecule has 0 radical (unpaired) electrons. The molecule has 3 aromatic rings. The summed E-state index contributed by atoms with van der Waals surface area (Å²) >= 11 is 0. The molecule has 1 amide bonds. The number of nitrogens with zero attached hydrogens (tertiary/aromatic N) is 2. The molecular weight excluding hydrogens is 373 g/mol. The molecule has 7 heteroatoms. The van der Waals surface area contributed by atoms with Crippen LogP contribution in [0.4, 0.5) is 4.39 Å². The summed E-state index contributed by atoms with van der Waals surface area (Å²) in [6.45, 7) is 2.01. The molecule has 2 unspecified atom stereocenters. The van der Waals surface area contributed by atoms with Gasteiger partial charge in [-0.05, 0) is 37.0 Å². The number of aliphatic hydroxyl groups excluding tert-OH is 1. The van der Waals surface area contributed by atoms with Crippen LogP contribution >= 0.6 is 0 Å². The molecule has 2 aromatic carbocycles. The molecule has 0 aliphatic heterocycles. The van der Waals surface area contributed by atoms with Gasteiger partial charge in [0.1, 0.15) is 23.9 Å². The second kappa shape index (κ2) is 9.34. The van der Waals surface area contributed by atoms with Crippen LogP contribution in [0.5, 0.6) is 5.75 Å². The number of carbonyl (C=O) groups excluding carboxylic acids is 1. The highest BCUT2D eigenvalue weighted by molar-refractivity contribution is 5.90. The number of nitrogens with two attached hydrogens (primary N) is 1. The summed E-state index contributed by atoms with van der Waals surface area (Å²) in [6, 6.07) is 13.8. The van der Waals surface area contributed by atoms with Gasteiger partial charge in [0, 0.05) is 12.3 Å². The average Bonchev–Trinajstić information content (AvgIpc) is 3.18. The van der Waals surface area contributed by atoms with Gasteiger partial charge in [-0.3, -0.25) is 4.79 Å². The van der Waals surface area contributed by atoms with Gasteiger partial charge < -0.3 is 20.1 Å². The summed E-state index contributed by atoms with van der Waals surface area (Å²) in [7, 11) is 0. The first-order valence-electron chi connectivity index (χ1n) is 9.40. The van der Waals surface area contributed by atoms with Crippen LogP contribution in [0.3, 0.4) is 0 Å². The number of rotatable bonds is 9. The van der Waals surface area contributed by atoms with Crippen molar-refractivity contribution in [2.24, 2.45) is 5.73 Å². The molecule has 6 nitrogen and oxygen atoms in total. The van der Waals surface area contributed by atoms with Crippen molar-refractivity contribution < 1.29 is 19.0 Å². The zero-order valence-electron chi connectivity index (χ0n) is 16.2. The number of benzene rings is 2. The lowest BCUT2D eigenvalue weighted by molar-refractivity contribution is 0.0994. The quantitative estimate of drug-likeness (QED) is 0.580. The largest absolute Gasteiger partial charge is 0.489 e. The number of halogens is 1. The number of amides is 1. The van der Waals surface area contributed by atoms with Crippen LogP contribution in [0, 0.1) is 5.82 Å². The van der Waals surface area contributed by atoms with Gasteiger partial charge in [0.25, 0.3) is 5.91 Å². The molecule has 1 heterocycles. The Kier molecular flexibility index (Phi) is 6.61. The molecule has 0 fully saturated rings. The average molecular weight is 397 g/mol. The highest BCUT2D eigenvalue weighted by Gasteiger charge is 2.19. The molecule has 0 saturated heterocycles. The molecular formula is C22H24FN3O3. The van der Waals surface area contributed by atoms with E-state index in [9.17, 15) is 14.3 Å². The third-order valence-corrected chi connectivity index (χ3v) is 4.77. The van der Waals surface area contributed by atoms with Gasteiger partial charge in [-0.25, -0.2) is 9.37 Å². The van der Waals surface area contributed by atoms with Crippen molar-refractivity contribution in [3.05, 3.63) is 83.7 Å². The monoisotopic (exact) mass is 397 g/mol. The molecule has 0 aliphatic rings. The lowest BCUT2D eigenvalue weighted by atomic mass is 10.0. The molecule has 1 aromatic heterocycles. The van der Waals surface area contributed by atoms with Crippen molar-refractivity contribution in [3.8, 4) is 5.75 Å². The van der Waals surface area contributed by atoms with E-state index in [0.717, 1.165) is 11.1 Å². The van der Waals surface area contributed by atoms with Crippen LogP contribution in [0.2, 0.25) is 0 Å². The van der Waals surface area contributed by atoms with E-state index in [-0.39, 0.29) is 17.6 Å². The number of hydrogen-bond donors (Lipinski definition) is 2. The minimum Gasteiger partial charge on any atom is -0.489 e. The van der Waals surface area contributed by atoms with Gasteiger partial charge in [0.05, 0.1) is 18.5 Å². The Morgan fingerprint density at radius 2 is 2.03 bits per heavy atom. The number of ether oxygens (including phenoxy) is 1. The number of aliphatic hydroxyl groups is 1. The van der Waals surface area contributed by atoms with E-state index in [1.165, 1.54) is 24.7 Å². The maximum atomic E-state index is 13.8. The summed E-state index contributed by atoms with van der Waals surface area (Å²) in [5.41, 5.74) is 7.22. The van der Waals surface area contributed by atoms with Crippen molar-refractivity contribution in [1.82, 2.24) is 9.55 Å². The first kappa shape index (κ1) is 20.5. The Balaban J connectivity index is 1.73. The lowest BCUT2D eigenvalue weighted by Gasteiger charge is -2.22. The first-order valence-corrected chi connectivity index (χ1v) is 9.40. The standard InChI is InChI=1S/C22H24FN3O3/c1-15(27)20(26-12-19(22(24)28)25-14-26)10-8-17-7-9-18(23)11-21(17)29-13-16-5-3-2-4-6-16/h2-7,9,11-12,14-15,20,27H,8,10,13H2,1H3,(H2,24,28). The van der Waals surface area contributed by atoms with Crippen LogP contribution in [0.15, 0.2) is 61.1 Å². The van der Waals surface area contributed by atoms with E-state index >= 15 is 0 Å². The Hall–Kier alpha value is -3.19. The zero-order valence-corrected chi connectivity index (χ0v) is 16.2. The van der Waals surface area contributed by atoms with E-state index in [4.69, 9.17) is 10.5 Å². The smallest absolute Gasteiger partial charge is 0.268 e. The summed E-state index contributed by atoms with van der Waals surface area (Å²) in [6.07, 6.45) is 3.41. The van der Waals surface area contributed by atoms with E-state index in [0.29, 0.717) is 25.2 Å². The van der Waals surface area contributed by atoms with E-state index in [2.05, 4.69) is 4.98 Å². The van der Waals surface area contributed by atoms with Gasteiger partial charge in [-0.15, -0.1) is 0 Å². The van der Waals surface area contributed by atoms with Gasteiger partial charge in [0.2, 0.25) is 0 Å². The van der Waals surface area contributed by atoms with Crippen molar-refractivity contribution in [2.75, 3.05) is 0 Å². The highest BCUT2D eigenvalue weighted by atomic mass is 19.1. The van der Waals surface area contributed by atoms with Gasteiger partial charge in [-0.2, -0.15) is 0 Å². The number of carbonyl (C=O) groups is 1.